The van der Waals surface area contributed by atoms with E-state index in [1.165, 1.54) is 5.56 Å². The second kappa shape index (κ2) is 9.38. The Kier molecular flexibility index (Phi) is 6.35. The number of aromatic amines is 1. The number of hydrogen-bond donors (Lipinski definition) is 1. The Bertz CT molecular complexity index is 1060. The maximum Gasteiger partial charge on any atom is 0.224 e. The number of carbonyl (C=O) groups excluding carboxylic acids is 1. The van der Waals surface area contributed by atoms with E-state index in [0.29, 0.717) is 22.4 Å². The van der Waals surface area contributed by atoms with Crippen LogP contribution >= 0.6 is 23.2 Å². The molecule has 1 N–H and O–H groups in total. The quantitative estimate of drug-likeness (QED) is 0.555. The van der Waals surface area contributed by atoms with Crippen LogP contribution in [0.15, 0.2) is 36.7 Å². The molecule has 2 aliphatic heterocycles. The van der Waals surface area contributed by atoms with Crippen LogP contribution in [0.5, 0.6) is 0 Å². The summed E-state index contributed by atoms with van der Waals surface area (Å²) in [7, 11) is 0. The number of fused-ring (bicyclic) bond motifs is 1. The Balaban J connectivity index is 1.18. The Labute approximate surface area is 197 Å². The van der Waals surface area contributed by atoms with Crippen molar-refractivity contribution in [1.29, 1.82) is 0 Å². The maximum atomic E-state index is 13.1. The van der Waals surface area contributed by atoms with Gasteiger partial charge in [0.1, 0.15) is 5.82 Å². The molecule has 2 aliphatic rings. The normalized spacial score (nSPS) is 20.3. The fourth-order valence-electron chi connectivity index (χ4n) is 5.05. The standard InChI is InChI=1S/C24H27Cl2N5O/c25-18-14-20-21(15-19(18)26)29-24(28-20)22-2-1-10-31(22)23(32)7-13-30-11-5-17(6-12-30)16-3-8-27-9-4-16/h3-4,8-9,14-15,17,22H,1-2,5-7,10-13H2,(H,28,29)/t22-/m0/s1. The van der Waals surface area contributed by atoms with Gasteiger partial charge in [0.2, 0.25) is 5.91 Å². The van der Waals surface area contributed by atoms with Gasteiger partial charge in [-0.2, -0.15) is 0 Å². The molecule has 1 amide bonds. The summed E-state index contributed by atoms with van der Waals surface area (Å²) < 4.78 is 0. The zero-order valence-corrected chi connectivity index (χ0v) is 19.4. The van der Waals surface area contributed by atoms with Crippen LogP contribution in [-0.2, 0) is 4.79 Å². The molecule has 0 saturated carbocycles. The number of nitrogens with one attached hydrogen (secondary N) is 1. The van der Waals surface area contributed by atoms with Crippen molar-refractivity contribution >= 4 is 40.1 Å². The predicted octanol–water partition coefficient (Wildman–Crippen LogP) is 5.20. The molecular formula is C24H27Cl2N5O. The van der Waals surface area contributed by atoms with Crippen molar-refractivity contribution < 1.29 is 4.79 Å². The number of benzene rings is 1. The average molecular weight is 472 g/mol. The smallest absolute Gasteiger partial charge is 0.224 e. The molecule has 2 aromatic heterocycles. The van der Waals surface area contributed by atoms with Crippen LogP contribution in [0.25, 0.3) is 11.0 Å². The lowest BCUT2D eigenvalue weighted by molar-refractivity contribution is -0.132. The molecule has 0 radical (unpaired) electrons. The average Bonchev–Trinajstić information content (AvgIpc) is 3.46. The van der Waals surface area contributed by atoms with Crippen molar-refractivity contribution in [3.05, 3.63) is 58.1 Å². The molecule has 3 aromatic rings. The monoisotopic (exact) mass is 471 g/mol. The molecule has 6 nitrogen and oxygen atoms in total. The number of H-pyrrole nitrogens is 1. The van der Waals surface area contributed by atoms with Crippen LogP contribution in [0.4, 0.5) is 0 Å². The number of carbonyl (C=O) groups is 1. The molecule has 4 heterocycles. The Morgan fingerprint density at radius 1 is 1.06 bits per heavy atom. The van der Waals surface area contributed by atoms with Crippen LogP contribution < -0.4 is 0 Å². The minimum atomic E-state index is -0.00937. The number of piperidine rings is 1. The third kappa shape index (κ3) is 4.49. The molecular weight excluding hydrogens is 445 g/mol. The minimum absolute atomic E-state index is 0.00937. The van der Waals surface area contributed by atoms with Crippen molar-refractivity contribution in [2.75, 3.05) is 26.2 Å². The highest BCUT2D eigenvalue weighted by Gasteiger charge is 2.32. The Morgan fingerprint density at radius 2 is 1.81 bits per heavy atom. The van der Waals surface area contributed by atoms with Gasteiger partial charge in [0.05, 0.1) is 27.1 Å². The van der Waals surface area contributed by atoms with Gasteiger partial charge in [0.15, 0.2) is 0 Å². The number of likely N-dealkylation sites (tertiary alicyclic amines) is 2. The number of rotatable bonds is 5. The molecule has 0 bridgehead atoms. The summed E-state index contributed by atoms with van der Waals surface area (Å²) in [5.74, 6) is 1.63. The van der Waals surface area contributed by atoms with E-state index in [1.54, 1.807) is 12.1 Å². The first-order valence-electron chi connectivity index (χ1n) is 11.3. The summed E-state index contributed by atoms with van der Waals surface area (Å²) in [5, 5.41) is 0.991. The lowest BCUT2D eigenvalue weighted by Gasteiger charge is -2.32. The fourth-order valence-corrected chi connectivity index (χ4v) is 5.38. The first kappa shape index (κ1) is 21.7. The highest BCUT2D eigenvalue weighted by atomic mass is 35.5. The molecule has 32 heavy (non-hydrogen) atoms. The largest absolute Gasteiger partial charge is 0.340 e. The number of pyridine rings is 1. The molecule has 0 unspecified atom stereocenters. The van der Waals surface area contributed by atoms with Crippen molar-refractivity contribution in [3.63, 3.8) is 0 Å². The summed E-state index contributed by atoms with van der Waals surface area (Å²) in [6, 6.07) is 7.81. The summed E-state index contributed by atoms with van der Waals surface area (Å²) in [5.41, 5.74) is 3.01. The van der Waals surface area contributed by atoms with Gasteiger partial charge in [-0.15, -0.1) is 0 Å². The van der Waals surface area contributed by atoms with E-state index in [1.807, 2.05) is 17.3 Å². The van der Waals surface area contributed by atoms with Crippen LogP contribution in [0.1, 0.15) is 55.5 Å². The maximum absolute atomic E-state index is 13.1. The van der Waals surface area contributed by atoms with Crippen LogP contribution in [-0.4, -0.2) is 56.8 Å². The van der Waals surface area contributed by atoms with Gasteiger partial charge in [0.25, 0.3) is 0 Å². The number of imidazole rings is 1. The predicted molar refractivity (Wildman–Crippen MR) is 127 cm³/mol. The lowest BCUT2D eigenvalue weighted by Crippen LogP contribution is -2.37. The van der Waals surface area contributed by atoms with Gasteiger partial charge in [-0.3, -0.25) is 9.78 Å². The van der Waals surface area contributed by atoms with E-state index in [2.05, 4.69) is 27.0 Å². The number of hydrogen-bond acceptors (Lipinski definition) is 4. The number of halogens is 2. The molecule has 2 saturated heterocycles. The van der Waals surface area contributed by atoms with Crippen LogP contribution in [0, 0.1) is 0 Å². The lowest BCUT2D eigenvalue weighted by atomic mass is 9.90. The number of aromatic nitrogens is 3. The van der Waals surface area contributed by atoms with Gasteiger partial charge >= 0.3 is 0 Å². The van der Waals surface area contributed by atoms with Gasteiger partial charge in [0, 0.05) is 31.9 Å². The van der Waals surface area contributed by atoms with Crippen molar-refractivity contribution in [1.82, 2.24) is 24.8 Å². The van der Waals surface area contributed by atoms with E-state index in [9.17, 15) is 4.79 Å². The third-order valence-electron chi connectivity index (χ3n) is 6.84. The summed E-state index contributed by atoms with van der Waals surface area (Å²) in [6.45, 7) is 3.67. The third-order valence-corrected chi connectivity index (χ3v) is 7.56. The topological polar surface area (TPSA) is 65.1 Å². The van der Waals surface area contributed by atoms with E-state index >= 15 is 0 Å². The zero-order valence-electron chi connectivity index (χ0n) is 17.9. The Hall–Kier alpha value is -2.15. The van der Waals surface area contributed by atoms with Crippen LogP contribution in [0.3, 0.4) is 0 Å². The van der Waals surface area contributed by atoms with Gasteiger partial charge in [-0.25, -0.2) is 4.98 Å². The minimum Gasteiger partial charge on any atom is -0.340 e. The van der Waals surface area contributed by atoms with E-state index in [-0.39, 0.29) is 11.9 Å². The molecule has 168 valence electrons. The SMILES string of the molecule is O=C(CCN1CCC(c2ccncc2)CC1)N1CCC[C@H]1c1nc2cc(Cl)c(Cl)cc2[nH]1. The highest BCUT2D eigenvalue weighted by Crippen LogP contribution is 2.34. The summed E-state index contributed by atoms with van der Waals surface area (Å²) in [4.78, 5) is 29.7. The second-order valence-corrected chi connectivity index (χ2v) is 9.61. The van der Waals surface area contributed by atoms with Crippen molar-refractivity contribution in [3.8, 4) is 0 Å². The van der Waals surface area contributed by atoms with Gasteiger partial charge in [-0.05, 0) is 74.5 Å². The van der Waals surface area contributed by atoms with Gasteiger partial charge in [-0.1, -0.05) is 23.2 Å². The first-order chi connectivity index (χ1) is 15.6. The summed E-state index contributed by atoms with van der Waals surface area (Å²) in [6.07, 6.45) is 8.48. The van der Waals surface area contributed by atoms with E-state index in [4.69, 9.17) is 28.2 Å². The molecule has 5 rings (SSSR count). The molecule has 0 aliphatic carbocycles. The molecule has 8 heteroatoms. The number of nitrogens with zero attached hydrogens (tertiary/aromatic N) is 4. The molecule has 1 aromatic carbocycles. The second-order valence-electron chi connectivity index (χ2n) is 8.80. The summed E-state index contributed by atoms with van der Waals surface area (Å²) >= 11 is 12.3. The highest BCUT2D eigenvalue weighted by molar-refractivity contribution is 6.42. The molecule has 2 fully saturated rings. The zero-order chi connectivity index (χ0) is 22.1. The number of amides is 1. The van der Waals surface area contributed by atoms with Crippen molar-refractivity contribution in [2.45, 2.75) is 44.1 Å². The van der Waals surface area contributed by atoms with Crippen molar-refractivity contribution in [2.24, 2.45) is 0 Å². The van der Waals surface area contributed by atoms with E-state index < -0.39 is 0 Å². The molecule has 0 spiro atoms. The fraction of sp³-hybridized carbons (Fsp3) is 0.458. The molecule has 1 atom stereocenters. The van der Waals surface area contributed by atoms with E-state index in [0.717, 1.165) is 68.7 Å². The van der Waals surface area contributed by atoms with Gasteiger partial charge < -0.3 is 14.8 Å². The Morgan fingerprint density at radius 3 is 2.59 bits per heavy atom. The first-order valence-corrected chi connectivity index (χ1v) is 12.1. The van der Waals surface area contributed by atoms with Crippen LogP contribution in [0.2, 0.25) is 10.0 Å².